The number of ketones is 1. The summed E-state index contributed by atoms with van der Waals surface area (Å²) >= 11 is 0. The lowest BCUT2D eigenvalue weighted by atomic mass is 9.96. The predicted octanol–water partition coefficient (Wildman–Crippen LogP) is 3.94. The highest BCUT2D eigenvalue weighted by Crippen LogP contribution is 2.25. The molecule has 0 saturated heterocycles. The average molecular weight is 403 g/mol. The molecule has 0 bridgehead atoms. The monoisotopic (exact) mass is 402 g/mol. The van der Waals surface area contributed by atoms with E-state index >= 15 is 0 Å². The fraction of sp³-hybridized carbons (Fsp3) is 0.500. The number of sulfonamides is 1. The number of hydrogen-bond acceptors (Lipinski definition) is 3. The number of aromatic nitrogens is 1. The topological polar surface area (TPSA) is 68.2 Å². The third-order valence-electron chi connectivity index (χ3n) is 5.57. The molecule has 1 aromatic heterocycles. The second kappa shape index (κ2) is 7.84. The molecule has 0 spiro atoms. The largest absolute Gasteiger partial charge is 0.349 e. The van der Waals surface area contributed by atoms with Crippen molar-refractivity contribution >= 4 is 15.8 Å². The van der Waals surface area contributed by atoms with Gasteiger partial charge >= 0.3 is 0 Å². The highest BCUT2D eigenvalue weighted by atomic mass is 32.2. The van der Waals surface area contributed by atoms with E-state index in [0.29, 0.717) is 17.9 Å². The number of benzene rings is 1. The minimum Gasteiger partial charge on any atom is -0.349 e. The number of aryl methyl sites for hydroxylation is 3. The van der Waals surface area contributed by atoms with Crippen molar-refractivity contribution in [3.8, 4) is 0 Å². The van der Waals surface area contributed by atoms with E-state index in [9.17, 15) is 13.2 Å². The Morgan fingerprint density at radius 1 is 1.11 bits per heavy atom. The Bertz CT molecular complexity index is 980. The number of carbonyl (C=O) groups excluding carboxylic acids is 1. The van der Waals surface area contributed by atoms with Gasteiger partial charge in [-0.1, -0.05) is 31.5 Å². The number of nitrogens with zero attached hydrogens (tertiary/aromatic N) is 1. The van der Waals surface area contributed by atoms with E-state index in [4.69, 9.17) is 0 Å². The molecule has 1 aliphatic rings. The van der Waals surface area contributed by atoms with Gasteiger partial charge in [0.05, 0.1) is 4.90 Å². The molecule has 0 amide bonds. The summed E-state index contributed by atoms with van der Waals surface area (Å²) in [6.07, 6.45) is 4.24. The van der Waals surface area contributed by atoms with Gasteiger partial charge in [0.25, 0.3) is 0 Å². The van der Waals surface area contributed by atoms with Crippen molar-refractivity contribution in [3.05, 3.63) is 52.3 Å². The second-order valence-corrected chi connectivity index (χ2v) is 9.96. The van der Waals surface area contributed by atoms with E-state index in [1.54, 1.807) is 0 Å². The van der Waals surface area contributed by atoms with E-state index in [-0.39, 0.29) is 17.7 Å². The molecular formula is C22H30N2O3S. The number of carbonyl (C=O) groups is 1. The fourth-order valence-electron chi connectivity index (χ4n) is 4.20. The Hall–Kier alpha value is -1.92. The van der Waals surface area contributed by atoms with Crippen LogP contribution in [-0.4, -0.2) is 24.8 Å². The molecule has 2 aromatic rings. The Labute approximate surface area is 168 Å². The summed E-state index contributed by atoms with van der Waals surface area (Å²) in [4.78, 5) is 12.5. The van der Waals surface area contributed by atoms with Crippen LogP contribution in [0, 0.1) is 26.7 Å². The summed E-state index contributed by atoms with van der Waals surface area (Å²) in [5.74, 6) is 0.297. The molecule has 0 aliphatic heterocycles. The Kier molecular flexibility index (Phi) is 5.82. The van der Waals surface area contributed by atoms with Gasteiger partial charge < -0.3 is 4.57 Å². The lowest BCUT2D eigenvalue weighted by molar-refractivity contribution is 0.0971. The first-order valence-corrected chi connectivity index (χ1v) is 11.4. The number of nitrogens with one attached hydrogen (secondary N) is 1. The number of hydrogen-bond donors (Lipinski definition) is 1. The van der Waals surface area contributed by atoms with Gasteiger partial charge in [-0.15, -0.1) is 0 Å². The normalized spacial score (nSPS) is 15.7. The van der Waals surface area contributed by atoms with Crippen LogP contribution in [0.4, 0.5) is 0 Å². The summed E-state index contributed by atoms with van der Waals surface area (Å²) in [7, 11) is -3.65. The molecule has 1 aromatic carbocycles. The van der Waals surface area contributed by atoms with Crippen molar-refractivity contribution in [2.24, 2.45) is 5.92 Å². The molecule has 1 atom stereocenters. The zero-order valence-electron chi connectivity index (χ0n) is 17.4. The highest BCUT2D eigenvalue weighted by Gasteiger charge is 2.27. The Morgan fingerprint density at radius 3 is 2.36 bits per heavy atom. The smallest absolute Gasteiger partial charge is 0.241 e. The van der Waals surface area contributed by atoms with Crippen LogP contribution in [-0.2, 0) is 23.0 Å². The van der Waals surface area contributed by atoms with Gasteiger partial charge in [0.2, 0.25) is 10.0 Å². The van der Waals surface area contributed by atoms with Crippen LogP contribution < -0.4 is 4.72 Å². The molecule has 6 heteroatoms. The molecule has 1 unspecified atom stereocenters. The van der Waals surface area contributed by atoms with Crippen molar-refractivity contribution in [2.45, 2.75) is 71.4 Å². The van der Waals surface area contributed by atoms with Crippen molar-refractivity contribution in [3.63, 3.8) is 0 Å². The third-order valence-corrected chi connectivity index (χ3v) is 7.37. The zero-order chi connectivity index (χ0) is 20.6. The van der Waals surface area contributed by atoms with Crippen LogP contribution in [0.3, 0.4) is 0 Å². The fourth-order valence-corrected chi connectivity index (χ4v) is 6.03. The Morgan fingerprint density at radius 2 is 1.75 bits per heavy atom. The molecule has 0 fully saturated rings. The molecule has 1 N–H and O–H groups in total. The van der Waals surface area contributed by atoms with Crippen LogP contribution in [0.1, 0.15) is 59.4 Å². The van der Waals surface area contributed by atoms with Crippen molar-refractivity contribution < 1.29 is 13.2 Å². The predicted molar refractivity (Wildman–Crippen MR) is 111 cm³/mol. The SMILES string of the molecule is Cc1cc(C)c(S(=O)(=O)NC(Cn2ccc3c2CCCC3=O)C(C)C)c(C)c1. The number of rotatable bonds is 6. The molecular weight excluding hydrogens is 372 g/mol. The molecule has 1 heterocycles. The van der Waals surface area contributed by atoms with Crippen molar-refractivity contribution in [2.75, 3.05) is 0 Å². The van der Waals surface area contributed by atoms with Gasteiger partial charge in [-0.3, -0.25) is 4.79 Å². The molecule has 1 aliphatic carbocycles. The molecule has 28 heavy (non-hydrogen) atoms. The summed E-state index contributed by atoms with van der Waals surface area (Å²) in [5.41, 5.74) is 4.40. The van der Waals surface area contributed by atoms with E-state index in [0.717, 1.165) is 40.8 Å². The number of Topliss-reactive ketones (excluding diaryl/α,β-unsaturated/α-hetero) is 1. The summed E-state index contributed by atoms with van der Waals surface area (Å²) in [6, 6.07) is 5.41. The van der Waals surface area contributed by atoms with Crippen molar-refractivity contribution in [1.82, 2.24) is 9.29 Å². The van der Waals surface area contributed by atoms with Gasteiger partial charge in [-0.25, -0.2) is 13.1 Å². The van der Waals surface area contributed by atoms with Crippen LogP contribution in [0.15, 0.2) is 29.3 Å². The summed E-state index contributed by atoms with van der Waals surface area (Å²) < 4.78 is 31.4. The molecule has 0 saturated carbocycles. The standard InChI is InChI=1S/C22H30N2O3S/c1-14(2)19(13-24-10-9-18-20(24)7-6-8-21(18)25)23-28(26,27)22-16(4)11-15(3)12-17(22)5/h9-12,14,19,23H,6-8,13H2,1-5H3. The lowest BCUT2D eigenvalue weighted by Crippen LogP contribution is -2.42. The molecule has 3 rings (SSSR count). The van der Waals surface area contributed by atoms with E-state index in [1.165, 1.54) is 0 Å². The summed E-state index contributed by atoms with van der Waals surface area (Å²) in [5, 5.41) is 0. The van der Waals surface area contributed by atoms with Gasteiger partial charge in [0.1, 0.15) is 0 Å². The van der Waals surface area contributed by atoms with Gasteiger partial charge in [-0.2, -0.15) is 0 Å². The zero-order valence-corrected chi connectivity index (χ0v) is 18.2. The average Bonchev–Trinajstić information content (AvgIpc) is 2.97. The van der Waals surface area contributed by atoms with E-state index in [2.05, 4.69) is 9.29 Å². The van der Waals surface area contributed by atoms with Gasteiger partial charge in [-0.05, 0) is 56.7 Å². The third kappa shape index (κ3) is 4.08. The van der Waals surface area contributed by atoms with E-state index < -0.39 is 10.0 Å². The Balaban J connectivity index is 1.89. The quantitative estimate of drug-likeness (QED) is 0.796. The summed E-state index contributed by atoms with van der Waals surface area (Å²) in [6.45, 7) is 10.2. The minimum absolute atomic E-state index is 0.109. The van der Waals surface area contributed by atoms with E-state index in [1.807, 2.05) is 59.0 Å². The maximum atomic E-state index is 13.2. The molecule has 0 radical (unpaired) electrons. The number of fused-ring (bicyclic) bond motifs is 1. The first-order valence-electron chi connectivity index (χ1n) is 9.91. The van der Waals surface area contributed by atoms with Crippen LogP contribution >= 0.6 is 0 Å². The molecule has 5 nitrogen and oxygen atoms in total. The van der Waals surface area contributed by atoms with Crippen LogP contribution in [0.5, 0.6) is 0 Å². The lowest BCUT2D eigenvalue weighted by Gasteiger charge is -2.26. The van der Waals surface area contributed by atoms with Crippen LogP contribution in [0.25, 0.3) is 0 Å². The van der Waals surface area contributed by atoms with Crippen molar-refractivity contribution in [1.29, 1.82) is 0 Å². The van der Waals surface area contributed by atoms with Crippen LogP contribution in [0.2, 0.25) is 0 Å². The highest BCUT2D eigenvalue weighted by molar-refractivity contribution is 7.89. The second-order valence-electron chi connectivity index (χ2n) is 8.30. The first kappa shape index (κ1) is 20.8. The molecule has 152 valence electrons. The first-order chi connectivity index (χ1) is 13.1. The van der Waals surface area contributed by atoms with Gasteiger partial charge in [0, 0.05) is 36.5 Å². The minimum atomic E-state index is -3.65. The van der Waals surface area contributed by atoms with Gasteiger partial charge in [0.15, 0.2) is 5.78 Å². The maximum Gasteiger partial charge on any atom is 0.241 e. The maximum absolute atomic E-state index is 13.2.